The summed E-state index contributed by atoms with van der Waals surface area (Å²) in [6.45, 7) is 0. The zero-order valence-electron chi connectivity index (χ0n) is 11.0. The van der Waals surface area contributed by atoms with E-state index < -0.39 is 17.6 Å². The van der Waals surface area contributed by atoms with Crippen LogP contribution in [0.2, 0.25) is 0 Å². The van der Waals surface area contributed by atoms with Gasteiger partial charge < -0.3 is 5.32 Å². The second kappa shape index (κ2) is 5.42. The highest BCUT2D eigenvalue weighted by molar-refractivity contribution is 7.16. The van der Waals surface area contributed by atoms with Crippen LogP contribution in [0.25, 0.3) is 10.2 Å². The van der Waals surface area contributed by atoms with Gasteiger partial charge in [-0.1, -0.05) is 6.07 Å². The molecule has 1 aromatic heterocycles. The van der Waals surface area contributed by atoms with Crippen LogP contribution in [0.4, 0.5) is 18.9 Å². The molecule has 2 aromatic carbocycles. The van der Waals surface area contributed by atoms with Crippen LogP contribution in [-0.4, -0.2) is 10.9 Å². The van der Waals surface area contributed by atoms with Crippen molar-refractivity contribution in [1.29, 1.82) is 0 Å². The molecule has 0 unspecified atom stereocenters. The molecule has 0 aliphatic rings. The molecule has 22 heavy (non-hydrogen) atoms. The molecule has 0 aliphatic heterocycles. The Morgan fingerprint density at radius 2 is 1.95 bits per heavy atom. The van der Waals surface area contributed by atoms with Crippen LogP contribution in [0, 0.1) is 0 Å². The van der Waals surface area contributed by atoms with Gasteiger partial charge in [0.1, 0.15) is 0 Å². The van der Waals surface area contributed by atoms with Gasteiger partial charge in [-0.25, -0.2) is 4.98 Å². The summed E-state index contributed by atoms with van der Waals surface area (Å²) < 4.78 is 38.8. The molecule has 3 aromatic rings. The molecule has 1 amide bonds. The molecular weight excluding hydrogens is 313 g/mol. The second-order valence-electron chi connectivity index (χ2n) is 4.57. The number of rotatable bonds is 2. The first-order valence-electron chi connectivity index (χ1n) is 6.25. The third kappa shape index (κ3) is 2.94. The number of halogens is 3. The zero-order chi connectivity index (χ0) is 15.7. The molecule has 0 saturated heterocycles. The Morgan fingerprint density at radius 3 is 2.73 bits per heavy atom. The van der Waals surface area contributed by atoms with Crippen molar-refractivity contribution in [3.05, 3.63) is 59.1 Å². The molecule has 0 aliphatic carbocycles. The van der Waals surface area contributed by atoms with Crippen LogP contribution in [0.5, 0.6) is 0 Å². The molecule has 1 N–H and O–H groups in total. The van der Waals surface area contributed by atoms with Crippen LogP contribution in [0.15, 0.2) is 48.0 Å². The number of carbonyl (C=O) groups is 1. The highest BCUT2D eigenvalue weighted by Gasteiger charge is 2.30. The fourth-order valence-corrected chi connectivity index (χ4v) is 2.69. The van der Waals surface area contributed by atoms with Crippen molar-refractivity contribution >= 4 is 33.1 Å². The van der Waals surface area contributed by atoms with Gasteiger partial charge in [-0.3, -0.25) is 4.79 Å². The van der Waals surface area contributed by atoms with E-state index in [9.17, 15) is 18.0 Å². The van der Waals surface area contributed by atoms with Crippen molar-refractivity contribution in [2.24, 2.45) is 0 Å². The standard InChI is InChI=1S/C15H9F3N2OS/c16-15(17,18)10-2-1-3-11(7-10)20-14(21)9-4-5-12-13(6-9)22-8-19-12/h1-8H,(H,20,21). The van der Waals surface area contributed by atoms with E-state index in [1.54, 1.807) is 23.7 Å². The van der Waals surface area contributed by atoms with E-state index in [0.717, 1.165) is 22.3 Å². The number of nitrogens with zero attached hydrogens (tertiary/aromatic N) is 1. The van der Waals surface area contributed by atoms with Crippen LogP contribution in [-0.2, 0) is 6.18 Å². The van der Waals surface area contributed by atoms with Gasteiger partial charge in [-0.05, 0) is 36.4 Å². The Balaban J connectivity index is 1.84. The molecular formula is C15H9F3N2OS. The smallest absolute Gasteiger partial charge is 0.322 e. The van der Waals surface area contributed by atoms with E-state index in [2.05, 4.69) is 10.3 Å². The number of nitrogens with one attached hydrogen (secondary N) is 1. The highest BCUT2D eigenvalue weighted by atomic mass is 32.1. The van der Waals surface area contributed by atoms with Gasteiger partial charge >= 0.3 is 6.18 Å². The Kier molecular flexibility index (Phi) is 3.58. The van der Waals surface area contributed by atoms with Gasteiger partial charge in [0.2, 0.25) is 0 Å². The third-order valence-corrected chi connectivity index (χ3v) is 3.83. The largest absolute Gasteiger partial charge is 0.416 e. The Hall–Kier alpha value is -2.41. The number of thiazole rings is 1. The van der Waals surface area contributed by atoms with Gasteiger partial charge in [0.05, 0.1) is 21.3 Å². The topological polar surface area (TPSA) is 42.0 Å². The summed E-state index contributed by atoms with van der Waals surface area (Å²) >= 11 is 1.39. The number of benzene rings is 2. The predicted octanol–water partition coefficient (Wildman–Crippen LogP) is 4.57. The van der Waals surface area contributed by atoms with Gasteiger partial charge in [0, 0.05) is 11.3 Å². The minimum atomic E-state index is -4.44. The van der Waals surface area contributed by atoms with Gasteiger partial charge in [0.25, 0.3) is 5.91 Å². The van der Waals surface area contributed by atoms with Gasteiger partial charge in [-0.2, -0.15) is 13.2 Å². The summed E-state index contributed by atoms with van der Waals surface area (Å²) in [5.74, 6) is -0.463. The number of fused-ring (bicyclic) bond motifs is 1. The number of carbonyl (C=O) groups excluding carboxylic acids is 1. The maximum atomic E-state index is 12.6. The Bertz CT molecular complexity index is 842. The fraction of sp³-hybridized carbons (Fsp3) is 0.0667. The SMILES string of the molecule is O=C(Nc1cccc(C(F)(F)F)c1)c1ccc2ncsc2c1. The van der Waals surface area contributed by atoms with E-state index in [1.807, 2.05) is 0 Å². The van der Waals surface area contributed by atoms with E-state index in [-0.39, 0.29) is 5.69 Å². The van der Waals surface area contributed by atoms with Crippen LogP contribution in [0.3, 0.4) is 0 Å². The zero-order valence-corrected chi connectivity index (χ0v) is 11.8. The number of hydrogen-bond donors (Lipinski definition) is 1. The molecule has 0 spiro atoms. The molecule has 0 fully saturated rings. The summed E-state index contributed by atoms with van der Waals surface area (Å²) in [5.41, 5.74) is 2.11. The lowest BCUT2D eigenvalue weighted by Crippen LogP contribution is -2.13. The van der Waals surface area contributed by atoms with Crippen LogP contribution >= 0.6 is 11.3 Å². The van der Waals surface area contributed by atoms with E-state index >= 15 is 0 Å². The molecule has 7 heteroatoms. The minimum Gasteiger partial charge on any atom is -0.322 e. The van der Waals surface area contributed by atoms with Crippen LogP contribution < -0.4 is 5.32 Å². The summed E-state index contributed by atoms with van der Waals surface area (Å²) in [7, 11) is 0. The molecule has 1 heterocycles. The second-order valence-corrected chi connectivity index (χ2v) is 5.45. The number of anilines is 1. The molecule has 112 valence electrons. The number of amides is 1. The highest BCUT2D eigenvalue weighted by Crippen LogP contribution is 2.30. The normalized spacial score (nSPS) is 11.6. The number of hydrogen-bond acceptors (Lipinski definition) is 3. The minimum absolute atomic E-state index is 0.101. The maximum Gasteiger partial charge on any atom is 0.416 e. The quantitative estimate of drug-likeness (QED) is 0.751. The van der Waals surface area contributed by atoms with E-state index in [1.165, 1.54) is 23.5 Å². The average molecular weight is 322 g/mol. The number of alkyl halides is 3. The summed E-state index contributed by atoms with van der Waals surface area (Å²) in [6, 6.07) is 9.49. The first-order chi connectivity index (χ1) is 10.4. The fourth-order valence-electron chi connectivity index (χ4n) is 1.97. The lowest BCUT2D eigenvalue weighted by Gasteiger charge is -2.10. The monoisotopic (exact) mass is 322 g/mol. The van der Waals surface area contributed by atoms with Crippen molar-refractivity contribution < 1.29 is 18.0 Å². The first-order valence-corrected chi connectivity index (χ1v) is 7.13. The van der Waals surface area contributed by atoms with E-state index in [4.69, 9.17) is 0 Å². The first kappa shape index (κ1) is 14.5. The van der Waals surface area contributed by atoms with E-state index in [0.29, 0.717) is 5.56 Å². The lowest BCUT2D eigenvalue weighted by atomic mass is 10.1. The molecule has 3 nitrogen and oxygen atoms in total. The third-order valence-electron chi connectivity index (χ3n) is 3.04. The molecule has 0 bridgehead atoms. The van der Waals surface area contributed by atoms with Crippen molar-refractivity contribution in [1.82, 2.24) is 4.98 Å². The predicted molar refractivity (Wildman–Crippen MR) is 79.0 cm³/mol. The van der Waals surface area contributed by atoms with Crippen molar-refractivity contribution in [2.75, 3.05) is 5.32 Å². The molecule has 0 radical (unpaired) electrons. The molecule has 0 saturated carbocycles. The Labute approximate surface area is 127 Å². The maximum absolute atomic E-state index is 12.6. The summed E-state index contributed by atoms with van der Waals surface area (Å²) in [4.78, 5) is 16.2. The van der Waals surface area contributed by atoms with Gasteiger partial charge in [-0.15, -0.1) is 11.3 Å². The number of aromatic nitrogens is 1. The average Bonchev–Trinajstić information content (AvgIpc) is 2.94. The molecule has 3 rings (SSSR count). The molecule has 0 atom stereocenters. The Morgan fingerprint density at radius 1 is 1.14 bits per heavy atom. The van der Waals surface area contributed by atoms with Crippen molar-refractivity contribution in [2.45, 2.75) is 6.18 Å². The van der Waals surface area contributed by atoms with Crippen molar-refractivity contribution in [3.63, 3.8) is 0 Å². The van der Waals surface area contributed by atoms with Crippen LogP contribution in [0.1, 0.15) is 15.9 Å². The summed E-state index contributed by atoms with van der Waals surface area (Å²) in [6.07, 6.45) is -4.44. The lowest BCUT2D eigenvalue weighted by molar-refractivity contribution is -0.137. The van der Waals surface area contributed by atoms with Gasteiger partial charge in [0.15, 0.2) is 0 Å². The van der Waals surface area contributed by atoms with Crippen molar-refractivity contribution in [3.8, 4) is 0 Å². The summed E-state index contributed by atoms with van der Waals surface area (Å²) in [5, 5.41) is 2.47.